The SMILES string of the molecule is COc1ccc(NC(=O)[C@@H]2CCCN(S(=O)(=O)c3cc4c(cc3C)NC(=O)[C@@H](C)O4)C2)cc1OC. The van der Waals surface area contributed by atoms with E-state index in [0.717, 1.165) is 0 Å². The van der Waals surface area contributed by atoms with Crippen molar-refractivity contribution < 1.29 is 32.2 Å². The van der Waals surface area contributed by atoms with Gasteiger partial charge in [-0.2, -0.15) is 4.31 Å². The molecule has 2 amide bonds. The van der Waals surface area contributed by atoms with Crippen molar-refractivity contribution in [1.82, 2.24) is 4.31 Å². The monoisotopic (exact) mass is 503 g/mol. The number of nitrogens with zero attached hydrogens (tertiary/aromatic N) is 1. The third kappa shape index (κ3) is 4.92. The first-order valence-corrected chi connectivity index (χ1v) is 12.7. The van der Waals surface area contributed by atoms with Crippen LogP contribution in [-0.4, -0.2) is 58.0 Å². The highest BCUT2D eigenvalue weighted by atomic mass is 32.2. The summed E-state index contributed by atoms with van der Waals surface area (Å²) in [5.41, 5.74) is 1.46. The number of rotatable bonds is 6. The van der Waals surface area contributed by atoms with Crippen LogP contribution < -0.4 is 24.8 Å². The van der Waals surface area contributed by atoms with Gasteiger partial charge in [0.05, 0.1) is 30.7 Å². The minimum Gasteiger partial charge on any atom is -0.493 e. The molecule has 1 saturated heterocycles. The molecular weight excluding hydrogens is 474 g/mol. The van der Waals surface area contributed by atoms with Gasteiger partial charge in [0.25, 0.3) is 5.91 Å². The minimum atomic E-state index is -3.89. The molecule has 188 valence electrons. The number of hydrogen-bond acceptors (Lipinski definition) is 7. The van der Waals surface area contributed by atoms with Crippen LogP contribution >= 0.6 is 0 Å². The van der Waals surface area contributed by atoms with Gasteiger partial charge in [-0.3, -0.25) is 9.59 Å². The molecular formula is C24H29N3O7S. The van der Waals surface area contributed by atoms with E-state index in [1.54, 1.807) is 38.1 Å². The number of nitrogens with one attached hydrogen (secondary N) is 2. The van der Waals surface area contributed by atoms with Gasteiger partial charge in [-0.25, -0.2) is 8.42 Å². The molecule has 0 aromatic heterocycles. The van der Waals surface area contributed by atoms with Gasteiger partial charge in [-0.1, -0.05) is 0 Å². The fourth-order valence-corrected chi connectivity index (χ4v) is 6.04. The standard InChI is InChI=1S/C24H29N3O7S/c1-14-10-18-20(34-15(2)23(28)26-18)12-22(14)35(30,31)27-9-5-6-16(13-27)24(29)25-17-7-8-19(32-3)21(11-17)33-4/h7-8,10-12,15-16H,5-6,9,13H2,1-4H3,(H,25,29)(H,26,28)/t15-,16-/m1/s1. The van der Waals surface area contributed by atoms with Crippen LogP contribution in [0.5, 0.6) is 17.2 Å². The van der Waals surface area contributed by atoms with Crippen LogP contribution in [0, 0.1) is 12.8 Å². The quantitative estimate of drug-likeness (QED) is 0.621. The number of carbonyl (C=O) groups excluding carboxylic acids is 2. The number of sulfonamides is 1. The molecule has 2 aliphatic rings. The van der Waals surface area contributed by atoms with Crippen molar-refractivity contribution in [3.63, 3.8) is 0 Å². The molecule has 2 aromatic rings. The summed E-state index contributed by atoms with van der Waals surface area (Å²) in [4.78, 5) is 25.0. The molecule has 35 heavy (non-hydrogen) atoms. The number of methoxy groups -OCH3 is 2. The summed E-state index contributed by atoms with van der Waals surface area (Å²) < 4.78 is 44.5. The summed E-state index contributed by atoms with van der Waals surface area (Å²) in [6.07, 6.45) is 0.401. The third-order valence-corrected chi connectivity index (χ3v) is 8.24. The molecule has 0 spiro atoms. The molecule has 2 aliphatic heterocycles. The molecule has 11 heteroatoms. The molecule has 2 atom stereocenters. The third-order valence-electron chi connectivity index (χ3n) is 6.23. The number of piperidine rings is 1. The average molecular weight is 504 g/mol. The summed E-state index contributed by atoms with van der Waals surface area (Å²) in [6.45, 7) is 3.64. The van der Waals surface area contributed by atoms with Crippen molar-refractivity contribution in [2.24, 2.45) is 5.92 Å². The Kier molecular flexibility index (Phi) is 6.91. The van der Waals surface area contributed by atoms with Crippen LogP contribution in [0.3, 0.4) is 0 Å². The number of ether oxygens (including phenoxy) is 3. The summed E-state index contributed by atoms with van der Waals surface area (Å²) >= 11 is 0. The van der Waals surface area contributed by atoms with Crippen LogP contribution in [0.4, 0.5) is 11.4 Å². The number of fused-ring (bicyclic) bond motifs is 1. The van der Waals surface area contributed by atoms with E-state index in [0.29, 0.717) is 53.6 Å². The lowest BCUT2D eigenvalue weighted by Gasteiger charge is -2.32. The molecule has 2 aromatic carbocycles. The summed E-state index contributed by atoms with van der Waals surface area (Å²) in [5.74, 6) is 0.264. The summed E-state index contributed by atoms with van der Waals surface area (Å²) in [7, 11) is -0.855. The highest BCUT2D eigenvalue weighted by molar-refractivity contribution is 7.89. The molecule has 2 heterocycles. The topological polar surface area (TPSA) is 123 Å². The first-order chi connectivity index (χ1) is 16.6. The van der Waals surface area contributed by atoms with Gasteiger partial charge in [-0.05, 0) is 50.5 Å². The lowest BCUT2D eigenvalue weighted by molar-refractivity contribution is -0.123. The predicted octanol–water partition coefficient (Wildman–Crippen LogP) is 2.77. The lowest BCUT2D eigenvalue weighted by Crippen LogP contribution is -2.44. The zero-order chi connectivity index (χ0) is 25.3. The molecule has 0 aliphatic carbocycles. The zero-order valence-electron chi connectivity index (χ0n) is 20.1. The molecule has 10 nitrogen and oxygen atoms in total. The van der Waals surface area contributed by atoms with Gasteiger partial charge in [0, 0.05) is 30.9 Å². The normalized spacial score (nSPS) is 20.3. The molecule has 4 rings (SSSR count). The second-order valence-corrected chi connectivity index (χ2v) is 10.5. The maximum atomic E-state index is 13.5. The van der Waals surface area contributed by atoms with E-state index >= 15 is 0 Å². The zero-order valence-corrected chi connectivity index (χ0v) is 20.9. The number of amides is 2. The lowest BCUT2D eigenvalue weighted by atomic mass is 9.98. The van der Waals surface area contributed by atoms with E-state index in [-0.39, 0.29) is 23.3 Å². The Morgan fingerprint density at radius 2 is 1.91 bits per heavy atom. The van der Waals surface area contributed by atoms with Crippen LogP contribution in [0.15, 0.2) is 35.2 Å². The Labute approximate surface area is 204 Å². The number of hydrogen-bond donors (Lipinski definition) is 2. The van der Waals surface area contributed by atoms with Crippen molar-refractivity contribution in [3.8, 4) is 17.2 Å². The van der Waals surface area contributed by atoms with Crippen LogP contribution in [-0.2, 0) is 19.6 Å². The Hall–Kier alpha value is -3.31. The van der Waals surface area contributed by atoms with Crippen LogP contribution in [0.2, 0.25) is 0 Å². The van der Waals surface area contributed by atoms with E-state index in [1.165, 1.54) is 24.6 Å². The van der Waals surface area contributed by atoms with Gasteiger partial charge in [0.1, 0.15) is 5.75 Å². The molecule has 0 saturated carbocycles. The highest BCUT2D eigenvalue weighted by Crippen LogP contribution is 2.36. The van der Waals surface area contributed by atoms with Crippen molar-refractivity contribution in [2.45, 2.75) is 37.7 Å². The second-order valence-electron chi connectivity index (χ2n) is 8.62. The van der Waals surface area contributed by atoms with Crippen LogP contribution in [0.1, 0.15) is 25.3 Å². The van der Waals surface area contributed by atoms with Crippen LogP contribution in [0.25, 0.3) is 0 Å². The molecule has 0 unspecified atom stereocenters. The van der Waals surface area contributed by atoms with Crippen molar-refractivity contribution in [1.29, 1.82) is 0 Å². The van der Waals surface area contributed by atoms with Gasteiger partial charge in [0.2, 0.25) is 15.9 Å². The second kappa shape index (κ2) is 9.74. The van der Waals surface area contributed by atoms with E-state index in [1.807, 2.05) is 0 Å². The summed E-state index contributed by atoms with van der Waals surface area (Å²) in [5, 5.41) is 5.58. The van der Waals surface area contributed by atoms with Gasteiger partial charge >= 0.3 is 0 Å². The van der Waals surface area contributed by atoms with E-state index in [4.69, 9.17) is 14.2 Å². The van der Waals surface area contributed by atoms with Gasteiger partial charge in [-0.15, -0.1) is 0 Å². The highest BCUT2D eigenvalue weighted by Gasteiger charge is 2.35. The Morgan fingerprint density at radius 1 is 1.17 bits per heavy atom. The fourth-order valence-electron chi connectivity index (χ4n) is 4.29. The average Bonchev–Trinajstić information content (AvgIpc) is 2.84. The first kappa shape index (κ1) is 24.8. The van der Waals surface area contributed by atoms with Gasteiger partial charge in [0.15, 0.2) is 17.6 Å². The maximum Gasteiger partial charge on any atom is 0.265 e. The molecule has 1 fully saturated rings. The minimum absolute atomic E-state index is 0.0615. The molecule has 0 bridgehead atoms. The fraction of sp³-hybridized carbons (Fsp3) is 0.417. The van der Waals surface area contributed by atoms with Crippen molar-refractivity contribution >= 4 is 33.2 Å². The predicted molar refractivity (Wildman–Crippen MR) is 130 cm³/mol. The van der Waals surface area contributed by atoms with Crippen molar-refractivity contribution in [2.75, 3.05) is 37.9 Å². The number of carbonyl (C=O) groups is 2. The Balaban J connectivity index is 1.52. The number of benzene rings is 2. The number of anilines is 2. The van der Waals surface area contributed by atoms with Gasteiger partial charge < -0.3 is 24.8 Å². The Bertz CT molecular complexity index is 1260. The first-order valence-electron chi connectivity index (χ1n) is 11.3. The van der Waals surface area contributed by atoms with E-state index < -0.39 is 22.0 Å². The van der Waals surface area contributed by atoms with Crippen molar-refractivity contribution in [3.05, 3.63) is 35.9 Å². The largest absolute Gasteiger partial charge is 0.493 e. The Morgan fingerprint density at radius 3 is 2.63 bits per heavy atom. The van der Waals surface area contributed by atoms with E-state index in [2.05, 4.69) is 10.6 Å². The van der Waals surface area contributed by atoms with E-state index in [9.17, 15) is 18.0 Å². The molecule has 0 radical (unpaired) electrons. The smallest absolute Gasteiger partial charge is 0.265 e. The molecule has 2 N–H and O–H groups in total. The number of aryl methyl sites for hydroxylation is 1. The maximum absolute atomic E-state index is 13.5. The summed E-state index contributed by atoms with van der Waals surface area (Å²) in [6, 6.07) is 8.09.